The van der Waals surface area contributed by atoms with Gasteiger partial charge in [-0.3, -0.25) is 13.9 Å². The predicted octanol–water partition coefficient (Wildman–Crippen LogP) is 3.24. The number of carbonyl (C=O) groups is 1. The maximum atomic E-state index is 12.7. The van der Waals surface area contributed by atoms with Crippen LogP contribution >= 0.6 is 0 Å². The highest BCUT2D eigenvalue weighted by atomic mass is 16.2. The number of fused-ring (bicyclic) bond motifs is 1. The number of carbonyl (C=O) groups excluding carboxylic acids is 1. The van der Waals surface area contributed by atoms with Crippen molar-refractivity contribution in [3.63, 3.8) is 0 Å². The van der Waals surface area contributed by atoms with E-state index in [0.717, 1.165) is 23.0 Å². The number of nitrogens with one attached hydrogen (secondary N) is 1. The Bertz CT molecular complexity index is 954. The lowest BCUT2D eigenvalue weighted by molar-refractivity contribution is -0.122. The van der Waals surface area contributed by atoms with Crippen molar-refractivity contribution >= 4 is 16.9 Å². The number of para-hydroxylation sites is 2. The minimum Gasteiger partial charge on any atom is -0.348 e. The van der Waals surface area contributed by atoms with Crippen LogP contribution in [0, 0.1) is 5.92 Å². The Labute approximate surface area is 153 Å². The van der Waals surface area contributed by atoms with Gasteiger partial charge in [0.2, 0.25) is 5.91 Å². The number of hydrogen-bond donors (Lipinski definition) is 1. The van der Waals surface area contributed by atoms with Crippen LogP contribution in [-0.4, -0.2) is 15.0 Å². The van der Waals surface area contributed by atoms with E-state index in [4.69, 9.17) is 0 Å². The highest BCUT2D eigenvalue weighted by Gasteiger charge is 2.18. The summed E-state index contributed by atoms with van der Waals surface area (Å²) in [6.45, 7) is 4.29. The minimum absolute atomic E-state index is 0.0155. The summed E-state index contributed by atoms with van der Waals surface area (Å²) in [5.74, 6) is 0.291. The van der Waals surface area contributed by atoms with Crippen molar-refractivity contribution in [2.75, 3.05) is 0 Å². The summed E-state index contributed by atoms with van der Waals surface area (Å²) in [6, 6.07) is 17.4. The van der Waals surface area contributed by atoms with E-state index < -0.39 is 0 Å². The third-order valence-electron chi connectivity index (χ3n) is 4.60. The average Bonchev–Trinajstić information content (AvgIpc) is 2.87. The van der Waals surface area contributed by atoms with Crippen LogP contribution in [0.4, 0.5) is 0 Å². The molecule has 26 heavy (non-hydrogen) atoms. The Morgan fingerprint density at radius 3 is 2.27 bits per heavy atom. The molecule has 1 amide bonds. The molecule has 0 bridgehead atoms. The number of amides is 1. The van der Waals surface area contributed by atoms with Crippen LogP contribution in [0.5, 0.6) is 0 Å². The number of rotatable bonds is 6. The first kappa shape index (κ1) is 18.0. The van der Waals surface area contributed by atoms with Crippen molar-refractivity contribution in [1.82, 2.24) is 14.5 Å². The lowest BCUT2D eigenvalue weighted by atomic mass is 9.97. The van der Waals surface area contributed by atoms with Crippen LogP contribution in [0.3, 0.4) is 0 Å². The van der Waals surface area contributed by atoms with E-state index in [9.17, 15) is 9.59 Å². The van der Waals surface area contributed by atoms with E-state index in [1.54, 1.807) is 11.6 Å². The minimum atomic E-state index is -0.179. The average molecular weight is 351 g/mol. The molecular formula is C21H25N3O2. The summed E-state index contributed by atoms with van der Waals surface area (Å²) >= 11 is 0. The van der Waals surface area contributed by atoms with Crippen LogP contribution < -0.4 is 11.0 Å². The fourth-order valence-electron chi connectivity index (χ4n) is 3.33. The zero-order valence-electron chi connectivity index (χ0n) is 15.5. The van der Waals surface area contributed by atoms with E-state index in [-0.39, 0.29) is 24.2 Å². The second-order valence-corrected chi connectivity index (χ2v) is 7.08. The summed E-state index contributed by atoms with van der Waals surface area (Å²) in [4.78, 5) is 25.2. The van der Waals surface area contributed by atoms with Crippen molar-refractivity contribution in [2.24, 2.45) is 13.0 Å². The molecule has 1 N–H and O–H groups in total. The summed E-state index contributed by atoms with van der Waals surface area (Å²) in [6.07, 6.45) is 0.847. The molecule has 5 heteroatoms. The smallest absolute Gasteiger partial charge is 0.329 e. The van der Waals surface area contributed by atoms with Crippen LogP contribution in [0.25, 0.3) is 11.0 Å². The number of aromatic nitrogens is 2. The molecule has 2 aromatic carbocycles. The molecule has 0 aliphatic carbocycles. The monoisotopic (exact) mass is 351 g/mol. The van der Waals surface area contributed by atoms with Gasteiger partial charge in [-0.15, -0.1) is 0 Å². The first-order valence-electron chi connectivity index (χ1n) is 8.96. The largest absolute Gasteiger partial charge is 0.348 e. The molecule has 0 saturated heterocycles. The van der Waals surface area contributed by atoms with Gasteiger partial charge in [0.1, 0.15) is 6.54 Å². The third kappa shape index (κ3) is 3.72. The highest BCUT2D eigenvalue weighted by Crippen LogP contribution is 2.21. The van der Waals surface area contributed by atoms with E-state index in [1.165, 1.54) is 4.57 Å². The number of nitrogens with zero attached hydrogens (tertiary/aromatic N) is 2. The van der Waals surface area contributed by atoms with Crippen LogP contribution in [0.2, 0.25) is 0 Å². The third-order valence-corrected chi connectivity index (χ3v) is 4.60. The highest BCUT2D eigenvalue weighted by molar-refractivity contribution is 5.81. The maximum Gasteiger partial charge on any atom is 0.329 e. The van der Waals surface area contributed by atoms with Gasteiger partial charge < -0.3 is 5.32 Å². The number of imidazole rings is 1. The normalized spacial score (nSPS) is 12.5. The molecule has 136 valence electrons. The molecule has 0 spiro atoms. The fourth-order valence-corrected chi connectivity index (χ4v) is 3.33. The van der Waals surface area contributed by atoms with E-state index >= 15 is 0 Å². The van der Waals surface area contributed by atoms with Gasteiger partial charge in [-0.05, 0) is 30.0 Å². The molecule has 1 aromatic heterocycles. The van der Waals surface area contributed by atoms with Gasteiger partial charge in [0.05, 0.1) is 17.1 Å². The molecule has 0 aliphatic rings. The zero-order chi connectivity index (χ0) is 18.7. The van der Waals surface area contributed by atoms with Crippen LogP contribution in [0.15, 0.2) is 59.4 Å². The quantitative estimate of drug-likeness (QED) is 0.741. The van der Waals surface area contributed by atoms with Crippen molar-refractivity contribution in [3.8, 4) is 0 Å². The molecule has 0 unspecified atom stereocenters. The maximum absolute atomic E-state index is 12.7. The lowest BCUT2D eigenvalue weighted by Crippen LogP contribution is -2.35. The zero-order valence-corrected chi connectivity index (χ0v) is 15.5. The molecule has 0 saturated carbocycles. The van der Waals surface area contributed by atoms with E-state index in [2.05, 4.69) is 19.2 Å². The summed E-state index contributed by atoms with van der Waals surface area (Å²) in [5, 5.41) is 3.11. The van der Waals surface area contributed by atoms with E-state index in [1.807, 2.05) is 54.6 Å². The second kappa shape index (κ2) is 7.60. The van der Waals surface area contributed by atoms with Crippen molar-refractivity contribution in [2.45, 2.75) is 32.9 Å². The Kier molecular flexibility index (Phi) is 5.26. The second-order valence-electron chi connectivity index (χ2n) is 7.08. The lowest BCUT2D eigenvalue weighted by Gasteiger charge is -2.21. The van der Waals surface area contributed by atoms with Crippen LogP contribution in [-0.2, 0) is 18.4 Å². The van der Waals surface area contributed by atoms with Crippen LogP contribution in [0.1, 0.15) is 31.9 Å². The summed E-state index contributed by atoms with van der Waals surface area (Å²) < 4.78 is 3.10. The Balaban J connectivity index is 1.83. The van der Waals surface area contributed by atoms with Gasteiger partial charge in [0.25, 0.3) is 0 Å². The molecule has 1 atom stereocenters. The number of benzene rings is 2. The Morgan fingerprint density at radius 1 is 1.00 bits per heavy atom. The predicted molar refractivity (Wildman–Crippen MR) is 104 cm³/mol. The van der Waals surface area contributed by atoms with Gasteiger partial charge >= 0.3 is 5.69 Å². The molecule has 0 radical (unpaired) electrons. The molecule has 0 fully saturated rings. The van der Waals surface area contributed by atoms with Crippen molar-refractivity contribution in [1.29, 1.82) is 0 Å². The number of aryl methyl sites for hydroxylation is 1. The molecule has 5 nitrogen and oxygen atoms in total. The number of hydrogen-bond acceptors (Lipinski definition) is 2. The first-order valence-corrected chi connectivity index (χ1v) is 8.96. The fraction of sp³-hybridized carbons (Fsp3) is 0.333. The Hall–Kier alpha value is -2.82. The first-order chi connectivity index (χ1) is 12.5. The van der Waals surface area contributed by atoms with Gasteiger partial charge in [0, 0.05) is 7.05 Å². The van der Waals surface area contributed by atoms with Crippen molar-refractivity contribution in [3.05, 3.63) is 70.6 Å². The SMILES string of the molecule is CC(C)C[C@@H](NC(=O)Cn1c(=O)n(C)c2ccccc21)c1ccccc1. The topological polar surface area (TPSA) is 56.0 Å². The molecular weight excluding hydrogens is 326 g/mol. The molecule has 1 heterocycles. The van der Waals surface area contributed by atoms with Gasteiger partial charge in [-0.1, -0.05) is 56.3 Å². The van der Waals surface area contributed by atoms with Crippen molar-refractivity contribution < 1.29 is 4.79 Å². The van der Waals surface area contributed by atoms with Gasteiger partial charge in [0.15, 0.2) is 0 Å². The van der Waals surface area contributed by atoms with E-state index in [0.29, 0.717) is 5.92 Å². The molecule has 3 aromatic rings. The molecule has 3 rings (SSSR count). The standard InChI is InChI=1S/C21H25N3O2/c1-15(2)13-17(16-9-5-4-6-10-16)22-20(25)14-24-19-12-8-7-11-18(19)23(3)21(24)26/h4-12,15,17H,13-14H2,1-3H3,(H,22,25)/t17-/m1/s1. The summed E-state index contributed by atoms with van der Waals surface area (Å²) in [7, 11) is 1.73. The summed E-state index contributed by atoms with van der Waals surface area (Å²) in [5.41, 5.74) is 2.50. The van der Waals surface area contributed by atoms with Gasteiger partial charge in [-0.25, -0.2) is 4.79 Å². The Morgan fingerprint density at radius 2 is 1.62 bits per heavy atom. The molecule has 0 aliphatic heterocycles. The van der Waals surface area contributed by atoms with Gasteiger partial charge in [-0.2, -0.15) is 0 Å².